The maximum Gasteiger partial charge on any atom is 0.336 e. The molecule has 1 heterocycles. The van der Waals surface area contributed by atoms with Gasteiger partial charge in [0.2, 0.25) is 6.43 Å². The van der Waals surface area contributed by atoms with Crippen molar-refractivity contribution in [3.05, 3.63) is 35.4 Å². The lowest BCUT2D eigenvalue weighted by atomic mass is 10.1. The maximum atomic E-state index is 12.4. The minimum atomic E-state index is -2.60. The largest absolute Gasteiger partial charge is 0.336 e. The van der Waals surface area contributed by atoms with Crippen molar-refractivity contribution in [2.45, 2.75) is 12.8 Å². The lowest BCUT2D eigenvalue weighted by Gasteiger charge is -2.12. The van der Waals surface area contributed by atoms with Crippen LogP contribution in [0.2, 0.25) is 0 Å². The molecular weight excluding hydrogens is 272 g/mol. The highest BCUT2D eigenvalue weighted by Gasteiger charge is 2.52. The lowest BCUT2D eigenvalue weighted by molar-refractivity contribution is -0.171. The van der Waals surface area contributed by atoms with E-state index in [-0.39, 0.29) is 17.5 Å². The Kier molecular flexibility index (Phi) is 2.77. The molecular formula is C13H9F2NO4. The van der Waals surface area contributed by atoms with E-state index in [4.69, 9.17) is 0 Å². The van der Waals surface area contributed by atoms with Gasteiger partial charge >= 0.3 is 5.97 Å². The normalized spacial score (nSPS) is 24.1. The quantitative estimate of drug-likeness (QED) is 0.790. The average Bonchev–Trinajstić information content (AvgIpc) is 3.20. The van der Waals surface area contributed by atoms with Crippen LogP contribution >= 0.6 is 0 Å². The Morgan fingerprint density at radius 2 is 1.75 bits per heavy atom. The molecule has 1 aromatic rings. The highest BCUT2D eigenvalue weighted by Crippen LogP contribution is 2.44. The molecule has 20 heavy (non-hydrogen) atoms. The van der Waals surface area contributed by atoms with E-state index in [1.807, 2.05) is 0 Å². The zero-order valence-corrected chi connectivity index (χ0v) is 10.1. The fourth-order valence-corrected chi connectivity index (χ4v) is 2.17. The molecule has 0 unspecified atom stereocenters. The number of nitrogens with zero attached hydrogens (tertiary/aromatic N) is 1. The van der Waals surface area contributed by atoms with Gasteiger partial charge in [-0.3, -0.25) is 9.59 Å². The van der Waals surface area contributed by atoms with Crippen molar-refractivity contribution in [1.82, 2.24) is 5.06 Å². The molecule has 1 fully saturated rings. The van der Waals surface area contributed by atoms with E-state index in [0.717, 1.165) is 0 Å². The number of hydrogen-bond donors (Lipinski definition) is 0. The van der Waals surface area contributed by atoms with Crippen LogP contribution in [0.15, 0.2) is 24.3 Å². The highest BCUT2D eigenvalue weighted by atomic mass is 19.3. The van der Waals surface area contributed by atoms with Crippen molar-refractivity contribution in [3.8, 4) is 0 Å². The summed E-state index contributed by atoms with van der Waals surface area (Å²) in [5, 5.41) is 0.341. The average molecular weight is 281 g/mol. The summed E-state index contributed by atoms with van der Waals surface area (Å²) in [5.41, 5.74) is 0.262. The van der Waals surface area contributed by atoms with Gasteiger partial charge in [-0.2, -0.15) is 0 Å². The number of alkyl halides is 2. The Balaban J connectivity index is 1.73. The van der Waals surface area contributed by atoms with Gasteiger partial charge in [-0.25, -0.2) is 13.6 Å². The van der Waals surface area contributed by atoms with Crippen LogP contribution in [0.25, 0.3) is 0 Å². The zero-order valence-electron chi connectivity index (χ0n) is 10.1. The second-order valence-electron chi connectivity index (χ2n) is 4.70. The molecule has 5 nitrogen and oxygen atoms in total. The Bertz CT molecular complexity index is 581. The van der Waals surface area contributed by atoms with Crippen LogP contribution in [0.3, 0.4) is 0 Å². The number of fused-ring (bicyclic) bond motifs is 1. The zero-order chi connectivity index (χ0) is 14.4. The first-order valence-electron chi connectivity index (χ1n) is 5.98. The molecule has 0 saturated heterocycles. The van der Waals surface area contributed by atoms with Gasteiger partial charge in [0.25, 0.3) is 11.8 Å². The summed E-state index contributed by atoms with van der Waals surface area (Å²) in [6, 6.07) is 6.01. The summed E-state index contributed by atoms with van der Waals surface area (Å²) in [5.74, 6) is -4.47. The van der Waals surface area contributed by atoms with Crippen LogP contribution in [0.5, 0.6) is 0 Å². The SMILES string of the molecule is O=C(ON1C(=O)c2ccccc2C1=O)[C@H]1C[C@@H]1C(F)F. The fourth-order valence-electron chi connectivity index (χ4n) is 2.17. The van der Waals surface area contributed by atoms with Crippen LogP contribution in [0.4, 0.5) is 8.78 Å². The third-order valence-electron chi connectivity index (χ3n) is 3.40. The Hall–Kier alpha value is -2.31. The number of carbonyl (C=O) groups is 3. The maximum absolute atomic E-state index is 12.4. The minimum Gasteiger partial charge on any atom is -0.329 e. The van der Waals surface area contributed by atoms with Crippen molar-refractivity contribution < 1.29 is 28.0 Å². The van der Waals surface area contributed by atoms with Crippen LogP contribution in [-0.4, -0.2) is 29.3 Å². The molecule has 104 valence electrons. The van der Waals surface area contributed by atoms with Gasteiger partial charge in [0.15, 0.2) is 0 Å². The summed E-state index contributed by atoms with van der Waals surface area (Å²) in [4.78, 5) is 40.1. The van der Waals surface area contributed by atoms with E-state index in [1.54, 1.807) is 12.1 Å². The Morgan fingerprint density at radius 3 is 2.20 bits per heavy atom. The molecule has 1 aliphatic carbocycles. The molecule has 7 heteroatoms. The van der Waals surface area contributed by atoms with Gasteiger partial charge in [0.1, 0.15) is 0 Å². The number of halogens is 2. The van der Waals surface area contributed by atoms with Crippen LogP contribution in [0, 0.1) is 11.8 Å². The molecule has 1 saturated carbocycles. The predicted molar refractivity (Wildman–Crippen MR) is 60.6 cm³/mol. The molecule has 2 aliphatic rings. The van der Waals surface area contributed by atoms with E-state index in [9.17, 15) is 23.2 Å². The molecule has 0 radical (unpaired) electrons. The standard InChI is InChI=1S/C13H9F2NO4/c14-10(15)8-5-9(8)13(19)20-16-11(17)6-3-1-2-4-7(6)12(16)18/h1-4,8-10H,5H2/t8-,9-/m0/s1. The fraction of sp³-hybridized carbons (Fsp3) is 0.308. The smallest absolute Gasteiger partial charge is 0.329 e. The topological polar surface area (TPSA) is 63.7 Å². The van der Waals surface area contributed by atoms with E-state index < -0.39 is 36.0 Å². The Labute approximate surface area is 112 Å². The van der Waals surface area contributed by atoms with Crippen molar-refractivity contribution in [3.63, 3.8) is 0 Å². The third-order valence-corrected chi connectivity index (χ3v) is 3.40. The lowest BCUT2D eigenvalue weighted by Crippen LogP contribution is -2.33. The van der Waals surface area contributed by atoms with Crippen molar-refractivity contribution in [2.24, 2.45) is 11.8 Å². The van der Waals surface area contributed by atoms with Crippen molar-refractivity contribution in [1.29, 1.82) is 0 Å². The van der Waals surface area contributed by atoms with Gasteiger partial charge in [-0.15, -0.1) is 0 Å². The van der Waals surface area contributed by atoms with Crippen molar-refractivity contribution >= 4 is 17.8 Å². The highest BCUT2D eigenvalue weighted by molar-refractivity contribution is 6.20. The molecule has 2 atom stereocenters. The summed E-state index contributed by atoms with van der Waals surface area (Å²) in [6.07, 6.45) is -2.59. The molecule has 0 bridgehead atoms. The minimum absolute atomic E-state index is 0.0136. The number of hydroxylamine groups is 2. The number of rotatable bonds is 3. The van der Waals surface area contributed by atoms with Crippen LogP contribution in [-0.2, 0) is 9.63 Å². The summed E-state index contributed by atoms with van der Waals surface area (Å²) >= 11 is 0. The van der Waals surface area contributed by atoms with E-state index in [0.29, 0.717) is 5.06 Å². The van der Waals surface area contributed by atoms with Gasteiger partial charge in [-0.05, 0) is 18.6 Å². The molecule has 2 amide bonds. The monoisotopic (exact) mass is 281 g/mol. The van der Waals surface area contributed by atoms with Crippen LogP contribution < -0.4 is 0 Å². The van der Waals surface area contributed by atoms with Gasteiger partial charge < -0.3 is 4.84 Å². The first-order valence-corrected chi connectivity index (χ1v) is 5.98. The molecule has 0 aromatic heterocycles. The number of amides is 2. The van der Waals surface area contributed by atoms with E-state index in [1.165, 1.54) is 12.1 Å². The van der Waals surface area contributed by atoms with E-state index >= 15 is 0 Å². The number of carbonyl (C=O) groups excluding carboxylic acids is 3. The summed E-state index contributed by atoms with van der Waals surface area (Å²) in [6.45, 7) is 0. The molecule has 3 rings (SSSR count). The molecule has 0 spiro atoms. The third kappa shape index (κ3) is 1.86. The predicted octanol–water partition coefficient (Wildman–Crippen LogP) is 1.64. The second-order valence-corrected chi connectivity index (χ2v) is 4.70. The number of hydrogen-bond acceptors (Lipinski definition) is 4. The van der Waals surface area contributed by atoms with E-state index in [2.05, 4.69) is 4.84 Å². The first-order chi connectivity index (χ1) is 9.50. The molecule has 1 aliphatic heterocycles. The van der Waals surface area contributed by atoms with Gasteiger partial charge in [0, 0.05) is 5.92 Å². The Morgan fingerprint density at radius 1 is 1.20 bits per heavy atom. The van der Waals surface area contributed by atoms with Gasteiger partial charge in [-0.1, -0.05) is 17.2 Å². The van der Waals surface area contributed by atoms with Crippen molar-refractivity contribution in [2.75, 3.05) is 0 Å². The summed E-state index contributed by atoms with van der Waals surface area (Å²) in [7, 11) is 0. The van der Waals surface area contributed by atoms with Crippen LogP contribution in [0.1, 0.15) is 27.1 Å². The molecule has 1 aromatic carbocycles. The molecule has 0 N–H and O–H groups in total. The summed E-state index contributed by atoms with van der Waals surface area (Å²) < 4.78 is 24.7. The number of benzene rings is 1. The first kappa shape index (κ1) is 12.7. The second kappa shape index (κ2) is 4.36. The van der Waals surface area contributed by atoms with Gasteiger partial charge in [0.05, 0.1) is 17.0 Å². The number of imide groups is 1.